The molecule has 0 bridgehead atoms. The first-order chi connectivity index (χ1) is 17.7. The first-order valence-corrected chi connectivity index (χ1v) is 11.1. The number of nitrogens with one attached hydrogen (secondary N) is 3. The number of rotatable bonds is 10. The Morgan fingerprint density at radius 1 is 1.19 bits per heavy atom. The fourth-order valence-corrected chi connectivity index (χ4v) is 3.44. The number of allylic oxidation sites excluding steroid dienone is 1. The second-order valence-electron chi connectivity index (χ2n) is 7.63. The minimum atomic E-state index is -0.784. The molecule has 0 spiro atoms. The van der Waals surface area contributed by atoms with Crippen molar-refractivity contribution in [3.63, 3.8) is 0 Å². The van der Waals surface area contributed by atoms with Gasteiger partial charge in [0.2, 0.25) is 0 Å². The number of amides is 3. The Morgan fingerprint density at radius 2 is 1.92 bits per heavy atom. The van der Waals surface area contributed by atoms with E-state index in [9.17, 15) is 24.5 Å². The first kappa shape index (κ1) is 26.7. The predicted molar refractivity (Wildman–Crippen MR) is 131 cm³/mol. The van der Waals surface area contributed by atoms with Crippen molar-refractivity contribution < 1.29 is 33.5 Å². The van der Waals surface area contributed by atoms with Crippen LogP contribution in [0.15, 0.2) is 58.8 Å². The Hall–Kier alpha value is -4.94. The van der Waals surface area contributed by atoms with Gasteiger partial charge < -0.3 is 24.8 Å². The van der Waals surface area contributed by atoms with Gasteiger partial charge in [0.15, 0.2) is 18.1 Å². The maximum absolute atomic E-state index is 12.5. The number of nitro benzene ring substituents is 1. The van der Waals surface area contributed by atoms with Crippen LogP contribution in [-0.4, -0.2) is 49.4 Å². The Bertz CT molecular complexity index is 1260. The van der Waals surface area contributed by atoms with Crippen molar-refractivity contribution in [1.29, 1.82) is 0 Å². The molecule has 13 nitrogen and oxygen atoms in total. The number of carbonyl (C=O) groups is 3. The van der Waals surface area contributed by atoms with Crippen LogP contribution in [0.5, 0.6) is 11.5 Å². The lowest BCUT2D eigenvalue weighted by molar-refractivity contribution is -0.384. The van der Waals surface area contributed by atoms with E-state index < -0.39 is 28.9 Å². The van der Waals surface area contributed by atoms with Gasteiger partial charge in [0.25, 0.3) is 11.6 Å². The Kier molecular flexibility index (Phi) is 8.76. The monoisotopic (exact) mass is 511 g/mol. The van der Waals surface area contributed by atoms with Crippen molar-refractivity contribution in [2.24, 2.45) is 5.10 Å². The molecule has 2 aromatic carbocycles. The lowest BCUT2D eigenvalue weighted by atomic mass is 9.95. The first-order valence-electron chi connectivity index (χ1n) is 11.1. The third-order valence-electron chi connectivity index (χ3n) is 5.15. The summed E-state index contributed by atoms with van der Waals surface area (Å²) in [4.78, 5) is 46.9. The summed E-state index contributed by atoms with van der Waals surface area (Å²) in [6.45, 7) is 3.08. The number of urea groups is 1. The van der Waals surface area contributed by atoms with Gasteiger partial charge in [0.1, 0.15) is 0 Å². The maximum Gasteiger partial charge on any atom is 0.338 e. The van der Waals surface area contributed by atoms with Crippen molar-refractivity contribution in [3.05, 3.63) is 75.0 Å². The molecule has 194 valence electrons. The zero-order chi connectivity index (χ0) is 26.9. The van der Waals surface area contributed by atoms with Gasteiger partial charge in [-0.05, 0) is 49.2 Å². The SMILES string of the molecule is CCOC(=O)C1=C(C)NC(=O)NC1c1ccc(OCC(=O)N/N=C/c2ccc([N+](=O)[O-])cc2)c(OC)c1. The molecular weight excluding hydrogens is 486 g/mol. The summed E-state index contributed by atoms with van der Waals surface area (Å²) in [7, 11) is 1.41. The normalized spacial score (nSPS) is 15.0. The summed E-state index contributed by atoms with van der Waals surface area (Å²) in [5, 5.41) is 19.8. The number of hydrazone groups is 1. The van der Waals surface area contributed by atoms with Gasteiger partial charge in [-0.1, -0.05) is 6.07 Å². The highest BCUT2D eigenvalue weighted by atomic mass is 16.6. The topological polar surface area (TPSA) is 170 Å². The fourth-order valence-electron chi connectivity index (χ4n) is 3.44. The molecular formula is C24H25N5O8. The molecule has 0 saturated heterocycles. The van der Waals surface area contributed by atoms with Gasteiger partial charge in [-0.2, -0.15) is 5.10 Å². The van der Waals surface area contributed by atoms with Crippen molar-refractivity contribution in [2.75, 3.05) is 20.3 Å². The van der Waals surface area contributed by atoms with Gasteiger partial charge in [-0.3, -0.25) is 14.9 Å². The number of nitro groups is 1. The number of carbonyl (C=O) groups excluding carboxylic acids is 3. The Morgan fingerprint density at radius 3 is 2.57 bits per heavy atom. The van der Waals surface area contributed by atoms with Gasteiger partial charge in [0.05, 0.1) is 36.5 Å². The smallest absolute Gasteiger partial charge is 0.338 e. The summed E-state index contributed by atoms with van der Waals surface area (Å²) < 4.78 is 16.1. The molecule has 3 amide bonds. The molecule has 0 aliphatic carbocycles. The molecule has 37 heavy (non-hydrogen) atoms. The van der Waals surface area contributed by atoms with Crippen LogP contribution < -0.4 is 25.5 Å². The number of nitrogens with zero attached hydrogens (tertiary/aromatic N) is 2. The third-order valence-corrected chi connectivity index (χ3v) is 5.15. The molecule has 13 heteroatoms. The number of methoxy groups -OCH3 is 1. The van der Waals surface area contributed by atoms with Gasteiger partial charge >= 0.3 is 12.0 Å². The molecule has 0 saturated carbocycles. The van der Waals surface area contributed by atoms with Crippen molar-refractivity contribution in [3.8, 4) is 11.5 Å². The van der Waals surface area contributed by atoms with E-state index in [0.29, 0.717) is 16.8 Å². The number of esters is 1. The summed E-state index contributed by atoms with van der Waals surface area (Å²) >= 11 is 0. The van der Waals surface area contributed by atoms with Crippen molar-refractivity contribution >= 4 is 29.8 Å². The molecule has 1 aliphatic heterocycles. The molecule has 2 aromatic rings. The van der Waals surface area contributed by atoms with E-state index in [4.69, 9.17) is 14.2 Å². The standard InChI is InChI=1S/C24H25N5O8/c1-4-36-23(31)21-14(2)26-24(32)27-22(21)16-7-10-18(19(11-16)35-3)37-13-20(30)28-25-12-15-5-8-17(9-6-15)29(33)34/h5-12,22H,4,13H2,1-3H3,(H,28,30)(H2,26,27,32)/b25-12+. The molecule has 1 aliphatic rings. The highest BCUT2D eigenvalue weighted by Crippen LogP contribution is 2.34. The minimum Gasteiger partial charge on any atom is -0.493 e. The average Bonchev–Trinajstić information content (AvgIpc) is 2.87. The lowest BCUT2D eigenvalue weighted by Gasteiger charge is -2.28. The maximum atomic E-state index is 12.5. The van der Waals surface area contributed by atoms with Crippen LogP contribution in [0.25, 0.3) is 0 Å². The number of benzene rings is 2. The minimum absolute atomic E-state index is 0.0552. The molecule has 0 aromatic heterocycles. The summed E-state index contributed by atoms with van der Waals surface area (Å²) in [5.74, 6) is -0.603. The van der Waals surface area contributed by atoms with Gasteiger partial charge in [-0.25, -0.2) is 15.0 Å². The second kappa shape index (κ2) is 12.2. The van der Waals surface area contributed by atoms with E-state index in [1.807, 2.05) is 0 Å². The molecule has 3 N–H and O–H groups in total. The third kappa shape index (κ3) is 6.81. The fraction of sp³-hybridized carbons (Fsp3) is 0.250. The van der Waals surface area contributed by atoms with Gasteiger partial charge in [-0.15, -0.1) is 0 Å². The zero-order valence-electron chi connectivity index (χ0n) is 20.3. The molecule has 1 heterocycles. The van der Waals surface area contributed by atoms with Crippen molar-refractivity contribution in [1.82, 2.24) is 16.1 Å². The largest absolute Gasteiger partial charge is 0.493 e. The van der Waals surface area contributed by atoms with E-state index in [1.54, 1.807) is 32.0 Å². The summed E-state index contributed by atoms with van der Waals surface area (Å²) in [6.07, 6.45) is 1.33. The molecule has 0 radical (unpaired) electrons. The number of hydrogen-bond acceptors (Lipinski definition) is 9. The quantitative estimate of drug-likeness (QED) is 0.189. The van der Waals surface area contributed by atoms with Crippen LogP contribution in [0.2, 0.25) is 0 Å². The van der Waals surface area contributed by atoms with E-state index in [-0.39, 0.29) is 36.0 Å². The van der Waals surface area contributed by atoms with Crippen LogP contribution in [0, 0.1) is 10.1 Å². The van der Waals surface area contributed by atoms with Crippen LogP contribution in [0.1, 0.15) is 31.0 Å². The molecule has 1 atom stereocenters. The molecule has 3 rings (SSSR count). The van der Waals surface area contributed by atoms with Crippen LogP contribution in [0.3, 0.4) is 0 Å². The predicted octanol–water partition coefficient (Wildman–Crippen LogP) is 2.32. The van der Waals surface area contributed by atoms with Crippen LogP contribution in [-0.2, 0) is 14.3 Å². The summed E-state index contributed by atoms with van der Waals surface area (Å²) in [6, 6.07) is 9.14. The average molecular weight is 511 g/mol. The number of non-ortho nitro benzene ring substituents is 1. The summed E-state index contributed by atoms with van der Waals surface area (Å²) in [5.41, 5.74) is 3.96. The Labute approximate surface area is 211 Å². The Balaban J connectivity index is 1.66. The van der Waals surface area contributed by atoms with Crippen LogP contribution in [0.4, 0.5) is 10.5 Å². The van der Waals surface area contributed by atoms with Crippen molar-refractivity contribution in [2.45, 2.75) is 19.9 Å². The molecule has 1 unspecified atom stereocenters. The highest BCUT2D eigenvalue weighted by Gasteiger charge is 2.32. The lowest BCUT2D eigenvalue weighted by Crippen LogP contribution is -2.45. The van der Waals surface area contributed by atoms with E-state index in [2.05, 4.69) is 21.2 Å². The zero-order valence-corrected chi connectivity index (χ0v) is 20.3. The van der Waals surface area contributed by atoms with Crippen LogP contribution >= 0.6 is 0 Å². The number of hydrogen-bond donors (Lipinski definition) is 3. The van der Waals surface area contributed by atoms with E-state index >= 15 is 0 Å². The van der Waals surface area contributed by atoms with E-state index in [0.717, 1.165) is 0 Å². The molecule has 0 fully saturated rings. The second-order valence-corrected chi connectivity index (χ2v) is 7.63. The van der Waals surface area contributed by atoms with Gasteiger partial charge in [0, 0.05) is 17.8 Å². The van der Waals surface area contributed by atoms with E-state index in [1.165, 1.54) is 37.6 Å². The highest BCUT2D eigenvalue weighted by molar-refractivity contribution is 5.95. The number of ether oxygens (including phenoxy) is 3.